The molecular formula is C15H22O3. The number of aliphatic hydroxyl groups is 2. The molecule has 0 saturated carbocycles. The molecule has 1 aromatic carbocycles. The summed E-state index contributed by atoms with van der Waals surface area (Å²) in [5.74, 6) is 0. The van der Waals surface area contributed by atoms with Crippen LogP contribution >= 0.6 is 0 Å². The molecule has 3 heteroatoms. The Morgan fingerprint density at radius 2 is 1.83 bits per heavy atom. The molecule has 0 aromatic heterocycles. The van der Waals surface area contributed by atoms with E-state index in [4.69, 9.17) is 14.9 Å². The zero-order chi connectivity index (χ0) is 13.4. The van der Waals surface area contributed by atoms with Crippen molar-refractivity contribution >= 4 is 6.08 Å². The Kier molecular flexibility index (Phi) is 6.05. The van der Waals surface area contributed by atoms with Crippen LogP contribution in [-0.2, 0) is 11.2 Å². The maximum atomic E-state index is 9.11. The van der Waals surface area contributed by atoms with Crippen LogP contribution in [0.4, 0.5) is 0 Å². The van der Waals surface area contributed by atoms with Gasteiger partial charge in [0, 0.05) is 5.41 Å². The topological polar surface area (TPSA) is 49.7 Å². The summed E-state index contributed by atoms with van der Waals surface area (Å²) in [4.78, 5) is 0. The highest BCUT2D eigenvalue weighted by Gasteiger charge is 2.22. The Morgan fingerprint density at radius 1 is 1.22 bits per heavy atom. The summed E-state index contributed by atoms with van der Waals surface area (Å²) in [6.45, 7) is 6.32. The van der Waals surface area contributed by atoms with Crippen LogP contribution in [-0.4, -0.2) is 36.6 Å². The normalized spacial score (nSPS) is 11.5. The van der Waals surface area contributed by atoms with Gasteiger partial charge in [0.05, 0.1) is 26.4 Å². The van der Waals surface area contributed by atoms with E-state index in [9.17, 15) is 0 Å². The van der Waals surface area contributed by atoms with Crippen LogP contribution in [0.25, 0.3) is 6.08 Å². The van der Waals surface area contributed by atoms with Crippen molar-refractivity contribution < 1.29 is 14.9 Å². The lowest BCUT2D eigenvalue weighted by molar-refractivity contribution is -0.0152. The second-order valence-electron chi connectivity index (χ2n) is 4.88. The van der Waals surface area contributed by atoms with Gasteiger partial charge in [-0.15, -0.1) is 0 Å². The van der Waals surface area contributed by atoms with Crippen molar-refractivity contribution in [3.8, 4) is 0 Å². The maximum absolute atomic E-state index is 9.11. The van der Waals surface area contributed by atoms with Crippen LogP contribution in [0, 0.1) is 5.41 Å². The molecule has 2 N–H and O–H groups in total. The third kappa shape index (κ3) is 4.61. The van der Waals surface area contributed by atoms with Crippen molar-refractivity contribution in [3.63, 3.8) is 0 Å². The number of ether oxygens (including phenoxy) is 1. The van der Waals surface area contributed by atoms with E-state index in [1.165, 1.54) is 5.56 Å². The molecule has 1 rings (SSSR count). The fraction of sp³-hybridized carbons (Fsp3) is 0.467. The highest BCUT2D eigenvalue weighted by atomic mass is 16.5. The Balaban J connectivity index is 2.31. The highest BCUT2D eigenvalue weighted by Crippen LogP contribution is 2.14. The summed E-state index contributed by atoms with van der Waals surface area (Å²) >= 11 is 0. The largest absolute Gasteiger partial charge is 0.396 e. The lowest BCUT2D eigenvalue weighted by atomic mass is 9.94. The van der Waals surface area contributed by atoms with E-state index in [1.54, 1.807) is 6.92 Å². The molecule has 0 amide bonds. The lowest BCUT2D eigenvalue weighted by Crippen LogP contribution is -2.31. The molecule has 0 aliphatic carbocycles. The minimum Gasteiger partial charge on any atom is -0.396 e. The summed E-state index contributed by atoms with van der Waals surface area (Å²) in [5, 5.41) is 18.2. The van der Waals surface area contributed by atoms with Crippen molar-refractivity contribution in [3.05, 3.63) is 42.0 Å². The zero-order valence-electron chi connectivity index (χ0n) is 10.9. The molecule has 18 heavy (non-hydrogen) atoms. The molecule has 0 radical (unpaired) electrons. The van der Waals surface area contributed by atoms with Gasteiger partial charge in [0.1, 0.15) is 0 Å². The molecule has 3 nitrogen and oxygen atoms in total. The molecule has 0 unspecified atom stereocenters. The fourth-order valence-electron chi connectivity index (χ4n) is 1.47. The van der Waals surface area contributed by atoms with Gasteiger partial charge >= 0.3 is 0 Å². The van der Waals surface area contributed by atoms with Gasteiger partial charge in [0.25, 0.3) is 0 Å². The average molecular weight is 250 g/mol. The van der Waals surface area contributed by atoms with E-state index < -0.39 is 5.41 Å². The van der Waals surface area contributed by atoms with Gasteiger partial charge in [-0.3, -0.25) is 0 Å². The van der Waals surface area contributed by atoms with Gasteiger partial charge < -0.3 is 14.9 Å². The van der Waals surface area contributed by atoms with E-state index in [0.29, 0.717) is 13.2 Å². The predicted octanol–water partition coefficient (Wildman–Crippen LogP) is 1.88. The van der Waals surface area contributed by atoms with Gasteiger partial charge in [0.15, 0.2) is 0 Å². The second-order valence-corrected chi connectivity index (χ2v) is 4.88. The van der Waals surface area contributed by atoms with E-state index in [-0.39, 0.29) is 13.2 Å². The first-order valence-electron chi connectivity index (χ1n) is 6.14. The van der Waals surface area contributed by atoms with E-state index >= 15 is 0 Å². The van der Waals surface area contributed by atoms with Gasteiger partial charge in [-0.05, 0) is 17.5 Å². The summed E-state index contributed by atoms with van der Waals surface area (Å²) in [6.07, 6.45) is 2.64. The third-order valence-corrected chi connectivity index (χ3v) is 2.96. The Morgan fingerprint density at radius 3 is 2.33 bits per heavy atom. The van der Waals surface area contributed by atoms with Crippen molar-refractivity contribution in [2.45, 2.75) is 13.3 Å². The number of hydrogen-bond donors (Lipinski definition) is 2. The van der Waals surface area contributed by atoms with Crippen molar-refractivity contribution in [1.29, 1.82) is 0 Å². The Labute approximate surface area is 109 Å². The SMILES string of the molecule is C=Cc1ccc(CCOCC(C)(CO)CO)cc1. The molecule has 100 valence electrons. The third-order valence-electron chi connectivity index (χ3n) is 2.96. The minimum absolute atomic E-state index is 0.0719. The number of aliphatic hydroxyl groups excluding tert-OH is 2. The minimum atomic E-state index is -0.549. The summed E-state index contributed by atoms with van der Waals surface area (Å²) < 4.78 is 5.50. The van der Waals surface area contributed by atoms with E-state index in [1.807, 2.05) is 18.2 Å². The molecule has 0 fully saturated rings. The number of hydrogen-bond acceptors (Lipinski definition) is 3. The second kappa shape index (κ2) is 7.31. The standard InChI is InChI=1S/C15H22O3/c1-3-13-4-6-14(7-5-13)8-9-18-12-15(2,10-16)11-17/h3-7,16-17H,1,8-12H2,2H3. The predicted molar refractivity (Wildman–Crippen MR) is 73.3 cm³/mol. The molecule has 1 aromatic rings. The quantitative estimate of drug-likeness (QED) is 0.693. The van der Waals surface area contributed by atoms with Gasteiger partial charge in [-0.25, -0.2) is 0 Å². The van der Waals surface area contributed by atoms with Crippen LogP contribution < -0.4 is 0 Å². The summed E-state index contributed by atoms with van der Waals surface area (Å²) in [6, 6.07) is 8.15. The molecule has 0 heterocycles. The van der Waals surface area contributed by atoms with E-state index in [2.05, 4.69) is 18.7 Å². The molecule has 0 atom stereocenters. The average Bonchev–Trinajstić information content (AvgIpc) is 2.44. The van der Waals surface area contributed by atoms with Crippen molar-refractivity contribution in [1.82, 2.24) is 0 Å². The first-order chi connectivity index (χ1) is 8.63. The van der Waals surface area contributed by atoms with Gasteiger partial charge in [-0.1, -0.05) is 43.8 Å². The summed E-state index contributed by atoms with van der Waals surface area (Å²) in [5.41, 5.74) is 1.76. The number of rotatable bonds is 8. The number of benzene rings is 1. The van der Waals surface area contributed by atoms with Crippen LogP contribution in [0.15, 0.2) is 30.8 Å². The van der Waals surface area contributed by atoms with Gasteiger partial charge in [-0.2, -0.15) is 0 Å². The molecular weight excluding hydrogens is 228 g/mol. The fourth-order valence-corrected chi connectivity index (χ4v) is 1.47. The zero-order valence-corrected chi connectivity index (χ0v) is 10.9. The van der Waals surface area contributed by atoms with E-state index in [0.717, 1.165) is 12.0 Å². The van der Waals surface area contributed by atoms with Crippen LogP contribution in [0.1, 0.15) is 18.1 Å². The smallest absolute Gasteiger partial charge is 0.0564 e. The molecule has 0 aliphatic rings. The van der Waals surface area contributed by atoms with Crippen molar-refractivity contribution in [2.24, 2.45) is 5.41 Å². The summed E-state index contributed by atoms with van der Waals surface area (Å²) in [7, 11) is 0. The van der Waals surface area contributed by atoms with Gasteiger partial charge in [0.2, 0.25) is 0 Å². The van der Waals surface area contributed by atoms with Crippen LogP contribution in [0.5, 0.6) is 0 Å². The van der Waals surface area contributed by atoms with Crippen molar-refractivity contribution in [2.75, 3.05) is 26.4 Å². The first-order valence-corrected chi connectivity index (χ1v) is 6.14. The molecule has 0 bridgehead atoms. The van der Waals surface area contributed by atoms with Crippen LogP contribution in [0.2, 0.25) is 0 Å². The van der Waals surface area contributed by atoms with Crippen LogP contribution in [0.3, 0.4) is 0 Å². The molecule has 0 saturated heterocycles. The highest BCUT2D eigenvalue weighted by molar-refractivity contribution is 5.47. The Bertz CT molecular complexity index is 353. The Hall–Kier alpha value is -1.16. The maximum Gasteiger partial charge on any atom is 0.0564 e. The molecule has 0 aliphatic heterocycles. The lowest BCUT2D eigenvalue weighted by Gasteiger charge is -2.24. The monoisotopic (exact) mass is 250 g/mol. The molecule has 0 spiro atoms. The first kappa shape index (κ1) is 14.9.